The molecule has 0 aliphatic carbocycles. The fourth-order valence-corrected chi connectivity index (χ4v) is 4.09. The summed E-state index contributed by atoms with van der Waals surface area (Å²) < 4.78 is 40.4. The Morgan fingerprint density at radius 2 is 2.00 bits per heavy atom. The largest absolute Gasteiger partial charge is 0.416 e. The molecule has 0 aliphatic rings. The van der Waals surface area contributed by atoms with Crippen LogP contribution in [0.25, 0.3) is 0 Å². The van der Waals surface area contributed by atoms with Crippen LogP contribution in [0.2, 0.25) is 0 Å². The summed E-state index contributed by atoms with van der Waals surface area (Å²) in [5, 5.41) is 11.2. The number of alkyl halides is 3. The first-order chi connectivity index (χ1) is 12.0. The van der Waals surface area contributed by atoms with Crippen LogP contribution in [0.4, 0.5) is 13.2 Å². The van der Waals surface area contributed by atoms with Crippen molar-refractivity contribution in [3.8, 4) is 0 Å². The SMILES string of the molecule is CCn1c(Cc2cccs2)nnc1SCc1cccc(C(F)(F)F)c1. The lowest BCUT2D eigenvalue weighted by Crippen LogP contribution is -2.05. The molecule has 0 aliphatic heterocycles. The Kier molecular flexibility index (Phi) is 5.48. The molecule has 0 bridgehead atoms. The molecule has 2 aromatic heterocycles. The predicted molar refractivity (Wildman–Crippen MR) is 93.8 cm³/mol. The highest BCUT2D eigenvalue weighted by atomic mass is 32.2. The maximum Gasteiger partial charge on any atom is 0.416 e. The van der Waals surface area contributed by atoms with Gasteiger partial charge >= 0.3 is 6.18 Å². The Morgan fingerprint density at radius 3 is 2.68 bits per heavy atom. The summed E-state index contributed by atoms with van der Waals surface area (Å²) >= 11 is 3.07. The van der Waals surface area contributed by atoms with Crippen molar-refractivity contribution in [2.75, 3.05) is 0 Å². The van der Waals surface area contributed by atoms with Crippen molar-refractivity contribution >= 4 is 23.1 Å². The molecule has 0 spiro atoms. The highest BCUT2D eigenvalue weighted by Crippen LogP contribution is 2.31. The molecule has 0 amide bonds. The van der Waals surface area contributed by atoms with Gasteiger partial charge in [-0.25, -0.2) is 0 Å². The van der Waals surface area contributed by atoms with Gasteiger partial charge in [0.1, 0.15) is 5.82 Å². The number of nitrogens with zero attached hydrogens (tertiary/aromatic N) is 3. The summed E-state index contributed by atoms with van der Waals surface area (Å²) in [6.07, 6.45) is -3.61. The minimum Gasteiger partial charge on any atom is -0.306 e. The van der Waals surface area contributed by atoms with E-state index in [9.17, 15) is 13.2 Å². The third-order valence-corrected chi connectivity index (χ3v) is 5.56. The molecule has 8 heteroatoms. The number of rotatable bonds is 6. The molecule has 25 heavy (non-hydrogen) atoms. The second-order valence-electron chi connectivity index (χ2n) is 5.39. The van der Waals surface area contributed by atoms with E-state index in [1.807, 2.05) is 22.9 Å². The van der Waals surface area contributed by atoms with Crippen molar-refractivity contribution in [1.82, 2.24) is 14.8 Å². The summed E-state index contributed by atoms with van der Waals surface area (Å²) in [5.41, 5.74) is -0.00812. The monoisotopic (exact) mass is 383 g/mol. The number of hydrogen-bond donors (Lipinski definition) is 0. The fourth-order valence-electron chi connectivity index (χ4n) is 2.43. The fraction of sp³-hybridized carbons (Fsp3) is 0.294. The number of hydrogen-bond acceptors (Lipinski definition) is 4. The van der Waals surface area contributed by atoms with E-state index < -0.39 is 11.7 Å². The molecule has 0 unspecified atom stereocenters. The standard InChI is InChI=1S/C17H16F3N3S2/c1-2-23-15(10-14-7-4-8-24-14)21-22-16(23)25-11-12-5-3-6-13(9-12)17(18,19)20/h3-9H,2,10-11H2,1H3. The molecule has 0 fully saturated rings. The van der Waals surface area contributed by atoms with Gasteiger partial charge in [-0.1, -0.05) is 36.0 Å². The van der Waals surface area contributed by atoms with Crippen LogP contribution >= 0.6 is 23.1 Å². The van der Waals surface area contributed by atoms with Crippen molar-refractivity contribution in [3.63, 3.8) is 0 Å². The number of benzene rings is 1. The maximum atomic E-state index is 12.8. The minimum absolute atomic E-state index is 0.418. The molecule has 132 valence electrons. The summed E-state index contributed by atoms with van der Waals surface area (Å²) in [5.74, 6) is 1.29. The Balaban J connectivity index is 1.72. The molecule has 0 saturated heterocycles. The molecular weight excluding hydrogens is 367 g/mol. The molecule has 0 radical (unpaired) electrons. The van der Waals surface area contributed by atoms with Crippen molar-refractivity contribution < 1.29 is 13.2 Å². The van der Waals surface area contributed by atoms with Crippen molar-refractivity contribution in [3.05, 3.63) is 63.6 Å². The Hall–Kier alpha value is -1.80. The van der Waals surface area contributed by atoms with Crippen LogP contribution in [0.5, 0.6) is 0 Å². The van der Waals surface area contributed by atoms with Gasteiger partial charge in [0.2, 0.25) is 0 Å². The molecular formula is C17H16F3N3S2. The lowest BCUT2D eigenvalue weighted by Gasteiger charge is -2.09. The minimum atomic E-state index is -4.32. The van der Waals surface area contributed by atoms with Gasteiger partial charge in [0.15, 0.2) is 5.16 Å². The second-order valence-corrected chi connectivity index (χ2v) is 7.36. The van der Waals surface area contributed by atoms with E-state index in [1.165, 1.54) is 28.8 Å². The van der Waals surface area contributed by atoms with E-state index in [2.05, 4.69) is 16.3 Å². The number of thioether (sulfide) groups is 1. The van der Waals surface area contributed by atoms with Crippen molar-refractivity contribution in [2.45, 2.75) is 37.0 Å². The van der Waals surface area contributed by atoms with Crippen LogP contribution < -0.4 is 0 Å². The maximum absolute atomic E-state index is 12.8. The van der Waals surface area contributed by atoms with Gasteiger partial charge in [-0.2, -0.15) is 13.2 Å². The first-order valence-electron chi connectivity index (χ1n) is 7.70. The molecule has 3 nitrogen and oxygen atoms in total. The van der Waals surface area contributed by atoms with Gasteiger partial charge in [0.05, 0.1) is 5.56 Å². The summed E-state index contributed by atoms with van der Waals surface area (Å²) in [4.78, 5) is 1.21. The van der Waals surface area contributed by atoms with Crippen LogP contribution in [0.3, 0.4) is 0 Å². The van der Waals surface area contributed by atoms with Crippen LogP contribution in [-0.4, -0.2) is 14.8 Å². The third kappa shape index (κ3) is 4.43. The zero-order valence-corrected chi connectivity index (χ0v) is 15.1. The smallest absolute Gasteiger partial charge is 0.306 e. The average molecular weight is 383 g/mol. The Morgan fingerprint density at radius 1 is 1.16 bits per heavy atom. The van der Waals surface area contributed by atoms with E-state index in [1.54, 1.807) is 17.4 Å². The van der Waals surface area contributed by atoms with Gasteiger partial charge in [-0.15, -0.1) is 21.5 Å². The van der Waals surface area contributed by atoms with Crippen LogP contribution in [-0.2, 0) is 24.9 Å². The number of thiophene rings is 1. The average Bonchev–Trinajstić information content (AvgIpc) is 3.22. The topological polar surface area (TPSA) is 30.7 Å². The van der Waals surface area contributed by atoms with E-state index in [4.69, 9.17) is 0 Å². The van der Waals surface area contributed by atoms with E-state index in [0.717, 1.165) is 23.6 Å². The normalized spacial score (nSPS) is 11.8. The Labute approximate surface area is 151 Å². The van der Waals surface area contributed by atoms with Gasteiger partial charge in [0, 0.05) is 23.6 Å². The molecule has 3 rings (SSSR count). The number of aromatic nitrogens is 3. The van der Waals surface area contributed by atoms with Crippen LogP contribution in [0, 0.1) is 0 Å². The highest BCUT2D eigenvalue weighted by Gasteiger charge is 2.30. The summed E-state index contributed by atoms with van der Waals surface area (Å²) in [6.45, 7) is 2.73. The second kappa shape index (κ2) is 7.61. The highest BCUT2D eigenvalue weighted by molar-refractivity contribution is 7.98. The zero-order chi connectivity index (χ0) is 17.9. The van der Waals surface area contributed by atoms with Gasteiger partial charge < -0.3 is 4.57 Å². The van der Waals surface area contributed by atoms with Gasteiger partial charge in [-0.3, -0.25) is 0 Å². The summed E-state index contributed by atoms with van der Waals surface area (Å²) in [6, 6.07) is 9.45. The first kappa shape index (κ1) is 18.0. The van der Waals surface area contributed by atoms with Crippen LogP contribution in [0.1, 0.15) is 28.8 Å². The number of halogens is 3. The Bertz CT molecular complexity index is 826. The molecule has 1 aromatic carbocycles. The lowest BCUT2D eigenvalue weighted by molar-refractivity contribution is -0.137. The quantitative estimate of drug-likeness (QED) is 0.544. The molecule has 2 heterocycles. The molecule has 0 saturated carbocycles. The zero-order valence-electron chi connectivity index (χ0n) is 13.5. The van der Waals surface area contributed by atoms with Crippen molar-refractivity contribution in [2.24, 2.45) is 0 Å². The van der Waals surface area contributed by atoms with E-state index in [0.29, 0.717) is 17.7 Å². The van der Waals surface area contributed by atoms with E-state index in [-0.39, 0.29) is 0 Å². The molecule has 0 N–H and O–H groups in total. The van der Waals surface area contributed by atoms with Crippen LogP contribution in [0.15, 0.2) is 46.9 Å². The molecule has 0 atom stereocenters. The first-order valence-corrected chi connectivity index (χ1v) is 9.57. The van der Waals surface area contributed by atoms with Gasteiger partial charge in [-0.05, 0) is 30.0 Å². The van der Waals surface area contributed by atoms with Crippen molar-refractivity contribution in [1.29, 1.82) is 0 Å². The van der Waals surface area contributed by atoms with Gasteiger partial charge in [0.25, 0.3) is 0 Å². The van der Waals surface area contributed by atoms with E-state index >= 15 is 0 Å². The molecule has 3 aromatic rings. The summed E-state index contributed by atoms with van der Waals surface area (Å²) in [7, 11) is 0. The predicted octanol–water partition coefficient (Wildman–Crippen LogP) is 5.26. The lowest BCUT2D eigenvalue weighted by atomic mass is 10.1. The third-order valence-electron chi connectivity index (χ3n) is 3.64.